The number of hydrogen-bond acceptors (Lipinski definition) is 4. The van der Waals surface area contributed by atoms with E-state index in [0.717, 1.165) is 44.1 Å². The molecule has 2 heterocycles. The average molecular weight is 265 g/mol. The molecule has 0 spiro atoms. The number of aromatic nitrogens is 1. The Morgan fingerprint density at radius 1 is 1.63 bits per heavy atom. The van der Waals surface area contributed by atoms with E-state index in [1.165, 1.54) is 0 Å². The van der Waals surface area contributed by atoms with Crippen molar-refractivity contribution < 1.29 is 9.32 Å². The number of nitrogens with zero attached hydrogens (tertiary/aromatic N) is 2. The van der Waals surface area contributed by atoms with E-state index in [1.54, 1.807) is 6.92 Å². The number of rotatable bonds is 5. The molecule has 1 aromatic heterocycles. The Bertz CT molecular complexity index is 428. The number of likely N-dealkylation sites (tertiary alicyclic amines) is 1. The Morgan fingerprint density at radius 3 is 3.05 bits per heavy atom. The molecule has 5 nitrogen and oxygen atoms in total. The van der Waals surface area contributed by atoms with Crippen LogP contribution in [-0.4, -0.2) is 35.6 Å². The maximum absolute atomic E-state index is 10.9. The lowest BCUT2D eigenvalue weighted by Crippen LogP contribution is -2.29. The van der Waals surface area contributed by atoms with Crippen LogP contribution in [0.1, 0.15) is 44.6 Å². The molecule has 5 heteroatoms. The molecule has 0 bridgehead atoms. The molecule has 1 atom stereocenters. The van der Waals surface area contributed by atoms with Crippen LogP contribution >= 0.6 is 0 Å². The summed E-state index contributed by atoms with van der Waals surface area (Å²) in [5.74, 6) is 1.94. The Morgan fingerprint density at radius 2 is 2.42 bits per heavy atom. The van der Waals surface area contributed by atoms with Gasteiger partial charge in [0.05, 0.1) is 12.2 Å². The first kappa shape index (κ1) is 14.1. The number of hydrogen-bond donors (Lipinski definition) is 1. The third-order valence-electron chi connectivity index (χ3n) is 3.56. The van der Waals surface area contributed by atoms with Gasteiger partial charge in [-0.15, -0.1) is 0 Å². The first-order valence-electron chi connectivity index (χ1n) is 6.97. The van der Waals surface area contributed by atoms with Crippen molar-refractivity contribution in [2.45, 2.75) is 39.7 Å². The van der Waals surface area contributed by atoms with Crippen LogP contribution in [0.4, 0.5) is 0 Å². The molecule has 1 fully saturated rings. The Labute approximate surface area is 114 Å². The van der Waals surface area contributed by atoms with Gasteiger partial charge in [-0.25, -0.2) is 0 Å². The molecule has 0 unspecified atom stereocenters. The predicted octanol–water partition coefficient (Wildman–Crippen LogP) is 1.76. The number of amides is 1. The topological polar surface area (TPSA) is 58.4 Å². The van der Waals surface area contributed by atoms with Crippen LogP contribution in [0.25, 0.3) is 0 Å². The van der Waals surface area contributed by atoms with Crippen LogP contribution in [-0.2, 0) is 11.3 Å². The van der Waals surface area contributed by atoms with Gasteiger partial charge in [0.25, 0.3) is 0 Å². The molecule has 1 aliphatic rings. The first-order valence-corrected chi connectivity index (χ1v) is 6.97. The fraction of sp³-hybridized carbons (Fsp3) is 0.714. The second kappa shape index (κ2) is 6.19. The van der Waals surface area contributed by atoms with Crippen molar-refractivity contribution in [1.29, 1.82) is 0 Å². The summed E-state index contributed by atoms with van der Waals surface area (Å²) < 4.78 is 5.36. The van der Waals surface area contributed by atoms with E-state index in [2.05, 4.69) is 29.2 Å². The number of carbonyl (C=O) groups is 1. The summed E-state index contributed by atoms with van der Waals surface area (Å²) in [6.07, 6.45) is 1.13. The normalized spacial score (nSPS) is 20.1. The van der Waals surface area contributed by atoms with Gasteiger partial charge in [-0.2, -0.15) is 0 Å². The summed E-state index contributed by atoms with van der Waals surface area (Å²) in [7, 11) is 0. The fourth-order valence-electron chi connectivity index (χ4n) is 2.41. The standard InChI is InChI=1S/C14H23N3O2/c1-10(2)14-6-13(19-16-14)9-17-5-4-12(8-17)7-15-11(3)18/h6,10,12H,4-5,7-9H2,1-3H3,(H,15,18)/t12-/m1/s1. The molecule has 19 heavy (non-hydrogen) atoms. The molecule has 0 aliphatic carbocycles. The summed E-state index contributed by atoms with van der Waals surface area (Å²) in [4.78, 5) is 13.2. The van der Waals surface area contributed by atoms with Gasteiger partial charge in [0.2, 0.25) is 5.91 Å². The van der Waals surface area contributed by atoms with Crippen molar-refractivity contribution in [2.75, 3.05) is 19.6 Å². The highest BCUT2D eigenvalue weighted by Crippen LogP contribution is 2.20. The van der Waals surface area contributed by atoms with Gasteiger partial charge in [-0.1, -0.05) is 19.0 Å². The van der Waals surface area contributed by atoms with Gasteiger partial charge in [0.1, 0.15) is 0 Å². The van der Waals surface area contributed by atoms with Crippen molar-refractivity contribution in [3.63, 3.8) is 0 Å². The second-order valence-electron chi connectivity index (χ2n) is 5.70. The minimum atomic E-state index is 0.0512. The van der Waals surface area contributed by atoms with E-state index >= 15 is 0 Å². The van der Waals surface area contributed by atoms with Crippen LogP contribution in [0, 0.1) is 5.92 Å². The Balaban J connectivity index is 1.79. The lowest BCUT2D eigenvalue weighted by atomic mass is 10.1. The highest BCUT2D eigenvalue weighted by molar-refractivity contribution is 5.72. The minimum absolute atomic E-state index is 0.0512. The molecule has 1 saturated heterocycles. The summed E-state index contributed by atoms with van der Waals surface area (Å²) in [6.45, 7) is 9.45. The van der Waals surface area contributed by atoms with Gasteiger partial charge >= 0.3 is 0 Å². The molecule has 1 aliphatic heterocycles. The molecular weight excluding hydrogens is 242 g/mol. The van der Waals surface area contributed by atoms with Gasteiger partial charge in [0, 0.05) is 26.1 Å². The SMILES string of the molecule is CC(=O)NC[C@H]1CCN(Cc2cc(C(C)C)no2)C1. The molecule has 0 saturated carbocycles. The summed E-state index contributed by atoms with van der Waals surface area (Å²) in [5.41, 5.74) is 1.02. The highest BCUT2D eigenvalue weighted by Gasteiger charge is 2.23. The summed E-state index contributed by atoms with van der Waals surface area (Å²) in [5, 5.41) is 6.97. The zero-order valence-electron chi connectivity index (χ0n) is 12.0. The molecule has 1 aromatic rings. The Kier molecular flexibility index (Phi) is 4.58. The lowest BCUT2D eigenvalue weighted by Gasteiger charge is -2.14. The largest absolute Gasteiger partial charge is 0.360 e. The van der Waals surface area contributed by atoms with Crippen LogP contribution in [0.5, 0.6) is 0 Å². The van der Waals surface area contributed by atoms with Crippen LogP contribution < -0.4 is 5.32 Å². The van der Waals surface area contributed by atoms with Crippen LogP contribution in [0.15, 0.2) is 10.6 Å². The predicted molar refractivity (Wildman–Crippen MR) is 72.7 cm³/mol. The number of nitrogens with one attached hydrogen (secondary N) is 1. The van der Waals surface area contributed by atoms with Crippen molar-refractivity contribution in [3.05, 3.63) is 17.5 Å². The summed E-state index contributed by atoms with van der Waals surface area (Å²) in [6, 6.07) is 2.05. The fourth-order valence-corrected chi connectivity index (χ4v) is 2.41. The van der Waals surface area contributed by atoms with Gasteiger partial charge in [-0.3, -0.25) is 9.69 Å². The van der Waals surface area contributed by atoms with Crippen molar-refractivity contribution in [1.82, 2.24) is 15.4 Å². The van der Waals surface area contributed by atoms with E-state index in [4.69, 9.17) is 4.52 Å². The van der Waals surface area contributed by atoms with Crippen LogP contribution in [0.2, 0.25) is 0 Å². The van der Waals surface area contributed by atoms with Gasteiger partial charge in [-0.05, 0) is 24.8 Å². The molecule has 106 valence electrons. The maximum atomic E-state index is 10.9. The minimum Gasteiger partial charge on any atom is -0.360 e. The van der Waals surface area contributed by atoms with E-state index < -0.39 is 0 Å². The third kappa shape index (κ3) is 4.06. The molecule has 1 N–H and O–H groups in total. The van der Waals surface area contributed by atoms with Gasteiger partial charge < -0.3 is 9.84 Å². The van der Waals surface area contributed by atoms with Crippen molar-refractivity contribution in [2.24, 2.45) is 5.92 Å². The highest BCUT2D eigenvalue weighted by atomic mass is 16.5. The first-order chi connectivity index (χ1) is 9.04. The van der Waals surface area contributed by atoms with E-state index in [1.807, 2.05) is 6.07 Å². The van der Waals surface area contributed by atoms with Crippen molar-refractivity contribution >= 4 is 5.91 Å². The van der Waals surface area contributed by atoms with Gasteiger partial charge in [0.15, 0.2) is 5.76 Å². The smallest absolute Gasteiger partial charge is 0.216 e. The van der Waals surface area contributed by atoms with E-state index in [9.17, 15) is 4.79 Å². The molecular formula is C14H23N3O2. The van der Waals surface area contributed by atoms with Crippen LogP contribution in [0.3, 0.4) is 0 Å². The molecule has 0 aromatic carbocycles. The number of carbonyl (C=O) groups excluding carboxylic acids is 1. The maximum Gasteiger partial charge on any atom is 0.216 e. The second-order valence-corrected chi connectivity index (χ2v) is 5.70. The van der Waals surface area contributed by atoms with Crippen molar-refractivity contribution in [3.8, 4) is 0 Å². The molecule has 1 amide bonds. The monoisotopic (exact) mass is 265 g/mol. The third-order valence-corrected chi connectivity index (χ3v) is 3.56. The molecule has 2 rings (SSSR count). The zero-order valence-corrected chi connectivity index (χ0v) is 12.0. The summed E-state index contributed by atoms with van der Waals surface area (Å²) >= 11 is 0. The quantitative estimate of drug-likeness (QED) is 0.881. The van der Waals surface area contributed by atoms with E-state index in [0.29, 0.717) is 11.8 Å². The molecule has 0 radical (unpaired) electrons. The lowest BCUT2D eigenvalue weighted by molar-refractivity contribution is -0.119. The average Bonchev–Trinajstić information content (AvgIpc) is 2.96. The zero-order chi connectivity index (χ0) is 13.8. The Hall–Kier alpha value is -1.36. The van der Waals surface area contributed by atoms with E-state index in [-0.39, 0.29) is 5.91 Å².